The third kappa shape index (κ3) is 4.13. The van der Waals surface area contributed by atoms with Gasteiger partial charge in [0, 0.05) is 11.6 Å². The first kappa shape index (κ1) is 17.1. The van der Waals surface area contributed by atoms with Crippen LogP contribution in [-0.4, -0.2) is 13.7 Å². The van der Waals surface area contributed by atoms with E-state index in [0.717, 1.165) is 11.3 Å². The van der Waals surface area contributed by atoms with Crippen LogP contribution in [0.1, 0.15) is 12.5 Å². The summed E-state index contributed by atoms with van der Waals surface area (Å²) in [6.45, 7) is 2.96. The van der Waals surface area contributed by atoms with Crippen LogP contribution in [0.4, 0.5) is 5.69 Å². The second-order valence-corrected chi connectivity index (χ2v) is 5.77. The van der Waals surface area contributed by atoms with Crippen molar-refractivity contribution in [2.24, 2.45) is 0 Å². The second-order valence-electron chi connectivity index (χ2n) is 4.52. The lowest BCUT2D eigenvalue weighted by Crippen LogP contribution is -2.02. The van der Waals surface area contributed by atoms with Crippen LogP contribution < -0.4 is 14.8 Å². The van der Waals surface area contributed by atoms with Crippen LogP contribution in [0, 0.1) is 0 Å². The second kappa shape index (κ2) is 7.82. The molecule has 0 radical (unpaired) electrons. The van der Waals surface area contributed by atoms with Crippen LogP contribution in [-0.2, 0) is 6.54 Å². The third-order valence-corrected chi connectivity index (χ3v) is 3.82. The number of rotatable bonds is 6. The Bertz CT molecular complexity index is 662. The van der Waals surface area contributed by atoms with E-state index < -0.39 is 0 Å². The van der Waals surface area contributed by atoms with Gasteiger partial charge in [0.1, 0.15) is 0 Å². The molecule has 0 amide bonds. The van der Waals surface area contributed by atoms with Crippen molar-refractivity contribution in [3.8, 4) is 11.5 Å². The fourth-order valence-electron chi connectivity index (χ4n) is 1.99. The highest BCUT2D eigenvalue weighted by Gasteiger charge is 2.12. The molecule has 2 rings (SSSR count). The number of methoxy groups -OCH3 is 1. The predicted octanol–water partition coefficient (Wildman–Crippen LogP) is 5.67. The molecule has 6 heteroatoms. The summed E-state index contributed by atoms with van der Waals surface area (Å²) < 4.78 is 10.8. The van der Waals surface area contributed by atoms with Crippen LogP contribution in [0.25, 0.3) is 0 Å². The Morgan fingerprint density at radius 3 is 2.45 bits per heavy atom. The third-order valence-electron chi connectivity index (χ3n) is 2.99. The first-order valence-electron chi connectivity index (χ1n) is 6.73. The molecule has 1 N–H and O–H groups in total. The first-order valence-corrected chi connectivity index (χ1v) is 7.86. The Balaban J connectivity index is 2.17. The normalized spacial score (nSPS) is 10.4. The van der Waals surface area contributed by atoms with E-state index in [4.69, 9.17) is 44.3 Å². The van der Waals surface area contributed by atoms with Crippen molar-refractivity contribution in [1.82, 2.24) is 0 Å². The molecule has 0 aliphatic rings. The molecule has 118 valence electrons. The molecular weight excluding hydrogens is 345 g/mol. The topological polar surface area (TPSA) is 30.5 Å². The molecule has 0 heterocycles. The lowest BCUT2D eigenvalue weighted by molar-refractivity contribution is 0.311. The first-order chi connectivity index (χ1) is 10.5. The summed E-state index contributed by atoms with van der Waals surface area (Å²) in [5, 5.41) is 4.92. The molecule has 3 nitrogen and oxygen atoms in total. The molecule has 0 spiro atoms. The van der Waals surface area contributed by atoms with Crippen LogP contribution in [0.3, 0.4) is 0 Å². The van der Waals surface area contributed by atoms with Gasteiger partial charge in [-0.2, -0.15) is 0 Å². The SMILES string of the molecule is CCOc1c(Cl)cc(CNc2ccc(Cl)cc2Cl)cc1OC. The van der Waals surface area contributed by atoms with Gasteiger partial charge in [0.05, 0.1) is 29.4 Å². The number of hydrogen-bond donors (Lipinski definition) is 1. The maximum absolute atomic E-state index is 6.25. The Labute approximate surface area is 145 Å². The van der Waals surface area contributed by atoms with Gasteiger partial charge in [0.15, 0.2) is 11.5 Å². The van der Waals surface area contributed by atoms with Gasteiger partial charge in [-0.3, -0.25) is 0 Å². The van der Waals surface area contributed by atoms with Gasteiger partial charge < -0.3 is 14.8 Å². The minimum absolute atomic E-state index is 0.514. The summed E-state index contributed by atoms with van der Waals surface area (Å²) in [6.07, 6.45) is 0. The van der Waals surface area contributed by atoms with E-state index in [9.17, 15) is 0 Å². The standard InChI is InChI=1S/C16H16Cl3NO2/c1-3-22-16-13(19)6-10(7-15(16)21-2)9-20-14-5-4-11(17)8-12(14)18/h4-8,20H,3,9H2,1-2H3. The summed E-state index contributed by atoms with van der Waals surface area (Å²) in [5.41, 5.74) is 1.76. The van der Waals surface area contributed by atoms with Crippen molar-refractivity contribution in [1.29, 1.82) is 0 Å². The molecule has 0 saturated heterocycles. The van der Waals surface area contributed by atoms with E-state index in [1.54, 1.807) is 19.2 Å². The van der Waals surface area contributed by atoms with Gasteiger partial charge in [-0.05, 0) is 42.8 Å². The number of benzene rings is 2. The predicted molar refractivity (Wildman–Crippen MR) is 93.0 cm³/mol. The van der Waals surface area contributed by atoms with Gasteiger partial charge >= 0.3 is 0 Å². The number of hydrogen-bond acceptors (Lipinski definition) is 3. The highest BCUT2D eigenvalue weighted by Crippen LogP contribution is 2.36. The quantitative estimate of drug-likeness (QED) is 0.720. The van der Waals surface area contributed by atoms with Crippen LogP contribution in [0.5, 0.6) is 11.5 Å². The molecule has 2 aromatic carbocycles. The summed E-state index contributed by atoms with van der Waals surface area (Å²) in [7, 11) is 1.58. The maximum atomic E-state index is 6.25. The number of nitrogens with one attached hydrogen (secondary N) is 1. The highest BCUT2D eigenvalue weighted by molar-refractivity contribution is 6.36. The van der Waals surface area contributed by atoms with Crippen molar-refractivity contribution in [3.63, 3.8) is 0 Å². The van der Waals surface area contributed by atoms with Crippen molar-refractivity contribution in [3.05, 3.63) is 51.0 Å². The Morgan fingerprint density at radius 2 is 1.82 bits per heavy atom. The molecule has 0 aliphatic carbocycles. The highest BCUT2D eigenvalue weighted by atomic mass is 35.5. The number of anilines is 1. The lowest BCUT2D eigenvalue weighted by atomic mass is 10.2. The van der Waals surface area contributed by atoms with Gasteiger partial charge in [-0.15, -0.1) is 0 Å². The Kier molecular flexibility index (Phi) is 6.07. The van der Waals surface area contributed by atoms with E-state index >= 15 is 0 Å². The monoisotopic (exact) mass is 359 g/mol. The van der Waals surface area contributed by atoms with Crippen molar-refractivity contribution >= 4 is 40.5 Å². The smallest absolute Gasteiger partial charge is 0.179 e. The van der Waals surface area contributed by atoms with Gasteiger partial charge in [0.25, 0.3) is 0 Å². The van der Waals surface area contributed by atoms with E-state index in [1.165, 1.54) is 0 Å². The van der Waals surface area contributed by atoms with Gasteiger partial charge in [-0.1, -0.05) is 34.8 Å². The van der Waals surface area contributed by atoms with E-state index in [1.807, 2.05) is 25.1 Å². The summed E-state index contributed by atoms with van der Waals surface area (Å²) >= 11 is 18.3. The van der Waals surface area contributed by atoms with Crippen LogP contribution in [0.15, 0.2) is 30.3 Å². The summed E-state index contributed by atoms with van der Waals surface area (Å²) in [4.78, 5) is 0. The minimum Gasteiger partial charge on any atom is -0.493 e. The van der Waals surface area contributed by atoms with Crippen LogP contribution in [0.2, 0.25) is 15.1 Å². The van der Waals surface area contributed by atoms with Gasteiger partial charge in [0.2, 0.25) is 0 Å². The molecular formula is C16H16Cl3NO2. The minimum atomic E-state index is 0.514. The molecule has 22 heavy (non-hydrogen) atoms. The zero-order chi connectivity index (χ0) is 16.1. The van der Waals surface area contributed by atoms with Crippen LogP contribution >= 0.6 is 34.8 Å². The van der Waals surface area contributed by atoms with Crippen molar-refractivity contribution in [2.75, 3.05) is 19.0 Å². The molecule has 2 aromatic rings. The molecule has 0 saturated carbocycles. The Hall–Kier alpha value is -1.29. The van der Waals surface area contributed by atoms with E-state index in [-0.39, 0.29) is 0 Å². The fourth-order valence-corrected chi connectivity index (χ4v) is 2.75. The number of ether oxygens (including phenoxy) is 2. The molecule has 0 unspecified atom stereocenters. The average Bonchev–Trinajstić information content (AvgIpc) is 2.48. The summed E-state index contributed by atoms with van der Waals surface area (Å²) in [6, 6.07) is 9.02. The van der Waals surface area contributed by atoms with Gasteiger partial charge in [-0.25, -0.2) is 0 Å². The Morgan fingerprint density at radius 1 is 1.05 bits per heavy atom. The molecule has 0 aromatic heterocycles. The zero-order valence-corrected chi connectivity index (χ0v) is 14.5. The summed E-state index contributed by atoms with van der Waals surface area (Å²) in [5.74, 6) is 1.16. The van der Waals surface area contributed by atoms with Crippen molar-refractivity contribution in [2.45, 2.75) is 13.5 Å². The van der Waals surface area contributed by atoms with E-state index in [0.29, 0.717) is 39.7 Å². The largest absolute Gasteiger partial charge is 0.493 e. The number of halogens is 3. The lowest BCUT2D eigenvalue weighted by Gasteiger charge is -2.14. The molecule has 0 fully saturated rings. The maximum Gasteiger partial charge on any atom is 0.179 e. The fraction of sp³-hybridized carbons (Fsp3) is 0.250. The van der Waals surface area contributed by atoms with E-state index in [2.05, 4.69) is 5.32 Å². The molecule has 0 atom stereocenters. The molecule has 0 bridgehead atoms. The molecule has 0 aliphatic heterocycles. The average molecular weight is 361 g/mol. The zero-order valence-electron chi connectivity index (χ0n) is 12.3. The van der Waals surface area contributed by atoms with Crippen molar-refractivity contribution < 1.29 is 9.47 Å².